The second-order valence-electron chi connectivity index (χ2n) is 9.22. The number of likely N-dealkylation sites (N-methyl/N-ethyl adjacent to an activating group) is 1. The molecule has 10 heteroatoms. The summed E-state index contributed by atoms with van der Waals surface area (Å²) < 4.78 is 1.34. The van der Waals surface area contributed by atoms with Crippen LogP contribution >= 0.6 is 0 Å². The fraction of sp³-hybridized carbons (Fsp3) is 0.333. The van der Waals surface area contributed by atoms with Crippen molar-refractivity contribution >= 4 is 22.6 Å². The van der Waals surface area contributed by atoms with Crippen LogP contribution in [-0.2, 0) is 7.05 Å². The van der Waals surface area contributed by atoms with E-state index in [1.54, 1.807) is 26.1 Å². The van der Waals surface area contributed by atoms with Crippen molar-refractivity contribution in [1.82, 2.24) is 29.6 Å². The van der Waals surface area contributed by atoms with Gasteiger partial charge in [-0.05, 0) is 65.2 Å². The van der Waals surface area contributed by atoms with E-state index in [0.717, 1.165) is 23.3 Å². The summed E-state index contributed by atoms with van der Waals surface area (Å²) in [6.07, 6.45) is 1.51. The van der Waals surface area contributed by atoms with E-state index in [1.165, 1.54) is 10.9 Å². The minimum Gasteiger partial charge on any atom is -0.493 e. The van der Waals surface area contributed by atoms with Crippen molar-refractivity contribution in [2.24, 2.45) is 12.0 Å². The highest BCUT2D eigenvalue weighted by atomic mass is 16.3. The molecule has 3 heterocycles. The highest BCUT2D eigenvalue weighted by Gasteiger charge is 2.20. The van der Waals surface area contributed by atoms with Gasteiger partial charge in [-0.1, -0.05) is 0 Å². The Morgan fingerprint density at radius 1 is 1.21 bits per heavy atom. The van der Waals surface area contributed by atoms with Crippen LogP contribution in [0.3, 0.4) is 0 Å². The number of aromatic nitrogens is 5. The molecule has 4 aromatic rings. The number of hydrogen-bond acceptors (Lipinski definition) is 6. The molecule has 0 bridgehead atoms. The van der Waals surface area contributed by atoms with E-state index in [0.29, 0.717) is 28.1 Å². The van der Waals surface area contributed by atoms with Crippen molar-refractivity contribution < 1.29 is 9.90 Å². The molecule has 4 rings (SSSR count). The highest BCUT2D eigenvalue weighted by Crippen LogP contribution is 2.27. The predicted molar refractivity (Wildman–Crippen MR) is 132 cm³/mol. The van der Waals surface area contributed by atoms with Crippen LogP contribution in [-0.4, -0.2) is 66.8 Å². The quantitative estimate of drug-likeness (QED) is 0.349. The van der Waals surface area contributed by atoms with Crippen LogP contribution in [0.25, 0.3) is 22.3 Å². The minimum absolute atomic E-state index is 0.00212. The third-order valence-corrected chi connectivity index (χ3v) is 6.06. The van der Waals surface area contributed by atoms with Crippen molar-refractivity contribution in [3.63, 3.8) is 0 Å². The third kappa shape index (κ3) is 4.72. The lowest BCUT2D eigenvalue weighted by molar-refractivity contribution is 0.0997. The zero-order valence-corrected chi connectivity index (χ0v) is 20.3. The Kier molecular flexibility index (Phi) is 6.01. The molecule has 0 atom stereocenters. The van der Waals surface area contributed by atoms with Gasteiger partial charge in [0.05, 0.1) is 28.5 Å². The van der Waals surface area contributed by atoms with Gasteiger partial charge in [-0.25, -0.2) is 4.68 Å². The summed E-state index contributed by atoms with van der Waals surface area (Å²) in [6, 6.07) is 9.19. The van der Waals surface area contributed by atoms with E-state index in [2.05, 4.69) is 63.2 Å². The normalized spacial score (nSPS) is 12.6. The van der Waals surface area contributed by atoms with E-state index in [9.17, 15) is 9.90 Å². The molecule has 0 fully saturated rings. The summed E-state index contributed by atoms with van der Waals surface area (Å²) in [6.45, 7) is 6.91. The number of carbonyl (C=O) groups excluding carboxylic acids is 1. The molecule has 3 aromatic heterocycles. The number of pyridine rings is 1. The molecular weight excluding hydrogens is 432 g/mol. The maximum atomic E-state index is 12.9. The van der Waals surface area contributed by atoms with Crippen molar-refractivity contribution in [1.29, 1.82) is 0 Å². The average Bonchev–Trinajstić information content (AvgIpc) is 3.33. The summed E-state index contributed by atoms with van der Waals surface area (Å²) in [5, 5.41) is 17.7. The summed E-state index contributed by atoms with van der Waals surface area (Å²) in [5.74, 6) is -0.445. The average molecular weight is 463 g/mol. The smallest absolute Gasteiger partial charge is 0.280 e. The van der Waals surface area contributed by atoms with Crippen LogP contribution in [0.4, 0.5) is 5.69 Å². The largest absolute Gasteiger partial charge is 0.493 e. The number of anilines is 1. The lowest BCUT2D eigenvalue weighted by atomic mass is 10.0. The van der Waals surface area contributed by atoms with Crippen LogP contribution in [0, 0.1) is 6.92 Å². The Morgan fingerprint density at radius 3 is 2.62 bits per heavy atom. The lowest BCUT2D eigenvalue weighted by Gasteiger charge is -2.33. The van der Waals surface area contributed by atoms with E-state index < -0.39 is 5.91 Å². The van der Waals surface area contributed by atoms with Gasteiger partial charge in [0.2, 0.25) is 11.5 Å². The number of imidazole rings is 1. The molecule has 0 aliphatic heterocycles. The maximum Gasteiger partial charge on any atom is 0.280 e. The molecule has 0 saturated carbocycles. The summed E-state index contributed by atoms with van der Waals surface area (Å²) in [7, 11) is 5.75. The van der Waals surface area contributed by atoms with E-state index >= 15 is 0 Å². The first-order chi connectivity index (χ1) is 16.0. The number of carbonyl (C=O) groups is 1. The molecule has 1 amide bonds. The molecule has 4 N–H and O–H groups in total. The van der Waals surface area contributed by atoms with E-state index in [4.69, 9.17) is 0 Å². The molecule has 178 valence electrons. The molecule has 0 saturated heterocycles. The SMILES string of the molecule is Cc1cc(C(=O)/N=c2\[nH]c3ccc(NCC(C)(C)N(C)C)cc3[nH]2)cc(-c2cnn(C)c2O)n1. The first-order valence-corrected chi connectivity index (χ1v) is 11.0. The van der Waals surface area contributed by atoms with Gasteiger partial charge < -0.3 is 25.3 Å². The first kappa shape index (κ1) is 23.2. The molecule has 10 nitrogen and oxygen atoms in total. The topological polar surface area (TPSA) is 127 Å². The Labute approximate surface area is 197 Å². The van der Waals surface area contributed by atoms with Crippen molar-refractivity contribution in [2.75, 3.05) is 26.0 Å². The number of aryl methyl sites for hydroxylation is 2. The Hall–Kier alpha value is -3.92. The number of amides is 1. The molecule has 0 aliphatic carbocycles. The standard InChI is InChI=1S/C24H30N8O2/c1-14-9-15(10-19(27-14)17-12-26-32(6)22(17)34)21(33)30-23-28-18-8-7-16(11-20(18)29-23)25-13-24(2,3)31(4)5/h7-12,25,34H,13H2,1-6H3,(H2,28,29,30,33). The van der Waals surface area contributed by atoms with Crippen LogP contribution in [0.1, 0.15) is 29.9 Å². The van der Waals surface area contributed by atoms with Gasteiger partial charge in [-0.3, -0.25) is 9.78 Å². The predicted octanol–water partition coefficient (Wildman–Crippen LogP) is 2.80. The van der Waals surface area contributed by atoms with Gasteiger partial charge in [0, 0.05) is 36.1 Å². The van der Waals surface area contributed by atoms with Crippen LogP contribution in [0.15, 0.2) is 41.5 Å². The fourth-order valence-corrected chi connectivity index (χ4v) is 3.39. The van der Waals surface area contributed by atoms with E-state index in [-0.39, 0.29) is 11.4 Å². The Balaban J connectivity index is 1.60. The number of aromatic amines is 2. The third-order valence-electron chi connectivity index (χ3n) is 6.06. The zero-order valence-electron chi connectivity index (χ0n) is 20.3. The molecule has 34 heavy (non-hydrogen) atoms. The highest BCUT2D eigenvalue weighted by molar-refractivity contribution is 5.96. The van der Waals surface area contributed by atoms with Gasteiger partial charge >= 0.3 is 0 Å². The number of nitrogens with one attached hydrogen (secondary N) is 3. The molecular formula is C24H30N8O2. The van der Waals surface area contributed by atoms with Gasteiger partial charge in [-0.2, -0.15) is 10.1 Å². The van der Waals surface area contributed by atoms with E-state index in [1.807, 2.05) is 18.2 Å². The second kappa shape index (κ2) is 8.79. The molecule has 0 unspecified atom stereocenters. The van der Waals surface area contributed by atoms with Crippen molar-refractivity contribution in [2.45, 2.75) is 26.3 Å². The number of hydrogen-bond donors (Lipinski definition) is 4. The maximum absolute atomic E-state index is 12.9. The fourth-order valence-electron chi connectivity index (χ4n) is 3.39. The molecule has 0 radical (unpaired) electrons. The molecule has 0 spiro atoms. The number of benzene rings is 1. The number of H-pyrrole nitrogens is 2. The van der Waals surface area contributed by atoms with Gasteiger partial charge in [0.15, 0.2) is 0 Å². The first-order valence-electron chi connectivity index (χ1n) is 11.0. The van der Waals surface area contributed by atoms with Crippen LogP contribution in [0.5, 0.6) is 5.88 Å². The van der Waals surface area contributed by atoms with Gasteiger partial charge in [0.1, 0.15) is 0 Å². The number of aromatic hydroxyl groups is 1. The summed E-state index contributed by atoms with van der Waals surface area (Å²) >= 11 is 0. The van der Waals surface area contributed by atoms with Crippen molar-refractivity contribution in [3.8, 4) is 17.1 Å². The summed E-state index contributed by atoms with van der Waals surface area (Å²) in [5.41, 5.74) is 4.92. The Bertz CT molecular complexity index is 1420. The number of fused-ring (bicyclic) bond motifs is 1. The van der Waals surface area contributed by atoms with Gasteiger partial charge in [0.25, 0.3) is 5.91 Å². The molecule has 0 aliphatic rings. The minimum atomic E-state index is -0.427. The summed E-state index contributed by atoms with van der Waals surface area (Å²) in [4.78, 5) is 30.0. The van der Waals surface area contributed by atoms with Gasteiger partial charge in [-0.15, -0.1) is 0 Å². The van der Waals surface area contributed by atoms with Crippen molar-refractivity contribution in [3.05, 3.63) is 53.4 Å². The number of rotatable bonds is 6. The zero-order chi connectivity index (χ0) is 24.6. The lowest BCUT2D eigenvalue weighted by Crippen LogP contribution is -2.44. The monoisotopic (exact) mass is 462 g/mol. The van der Waals surface area contributed by atoms with Crippen LogP contribution in [0.2, 0.25) is 0 Å². The number of nitrogens with zero attached hydrogens (tertiary/aromatic N) is 5. The second-order valence-corrected chi connectivity index (χ2v) is 9.22. The Morgan fingerprint density at radius 2 is 1.94 bits per heavy atom. The van der Waals surface area contributed by atoms with Crippen LogP contribution < -0.4 is 10.9 Å². The molecule has 1 aromatic carbocycles.